The molecule has 23 nitrogen and oxygen atoms in total. The first kappa shape index (κ1) is 42.5. The molecule has 0 aliphatic carbocycles. The van der Waals surface area contributed by atoms with Crippen LogP contribution >= 0.6 is 0 Å². The van der Waals surface area contributed by atoms with Gasteiger partial charge in [-0.2, -0.15) is 0 Å². The minimum Gasteiger partial charge on any atom is -0.479 e. The number of pyridine rings is 1. The Labute approximate surface area is 305 Å². The van der Waals surface area contributed by atoms with Crippen LogP contribution in [0.15, 0.2) is 24.5 Å². The summed E-state index contributed by atoms with van der Waals surface area (Å²) in [5.41, 5.74) is 0.637. The van der Waals surface area contributed by atoms with Gasteiger partial charge in [0.25, 0.3) is 5.91 Å². The average molecular weight is 783 g/mol. The number of aromatic nitrogens is 1. The van der Waals surface area contributed by atoms with Gasteiger partial charge in [0.1, 0.15) is 85.5 Å². The summed E-state index contributed by atoms with van der Waals surface area (Å²) >= 11 is 0. The van der Waals surface area contributed by atoms with E-state index >= 15 is 0 Å². The van der Waals surface area contributed by atoms with E-state index in [1.807, 2.05) is 0 Å². The van der Waals surface area contributed by atoms with Crippen LogP contribution in [0.2, 0.25) is 0 Å². The molecule has 0 spiro atoms. The minimum absolute atomic E-state index is 0.0223. The lowest BCUT2D eigenvalue weighted by Crippen LogP contribution is -2.66. The van der Waals surface area contributed by atoms with Crippen LogP contribution in [0.5, 0.6) is 0 Å². The Bertz CT molecular complexity index is 1380. The van der Waals surface area contributed by atoms with Gasteiger partial charge in [-0.3, -0.25) is 9.78 Å². The fraction of sp³-hybridized carbons (Fsp3) is 0.774. The van der Waals surface area contributed by atoms with Crippen molar-refractivity contribution in [1.29, 1.82) is 0 Å². The van der Waals surface area contributed by atoms with Gasteiger partial charge in [0.05, 0.1) is 19.3 Å². The van der Waals surface area contributed by atoms with Gasteiger partial charge in [-0.25, -0.2) is 4.79 Å². The second kappa shape index (κ2) is 18.1. The summed E-state index contributed by atoms with van der Waals surface area (Å²) in [6.07, 6.45) is -33.4. The Balaban J connectivity index is 1.24. The monoisotopic (exact) mass is 782 g/mol. The third-order valence-electron chi connectivity index (χ3n) is 9.61. The zero-order valence-electron chi connectivity index (χ0n) is 28.5. The minimum atomic E-state index is -2.04. The first-order chi connectivity index (χ1) is 25.5. The molecule has 0 radical (unpaired) electrons. The van der Waals surface area contributed by atoms with Crippen molar-refractivity contribution in [2.45, 2.75) is 136 Å². The zero-order chi connectivity index (χ0) is 39.6. The molecule has 4 aliphatic rings. The van der Waals surface area contributed by atoms with Gasteiger partial charge in [0, 0.05) is 18.9 Å². The van der Waals surface area contributed by atoms with E-state index in [1.165, 1.54) is 19.3 Å². The van der Waals surface area contributed by atoms with Crippen LogP contribution in [0.25, 0.3) is 0 Å². The standard InChI is InChI=1S/C31H46N2O21/c1-9-13(35)23(51-31-21(43)17(39)19(41)26(54-31)28(46)47)15(37)12(49-9)8-48-29-22(44)24(14(36)11(7-34)50-29)52-30-20(42)16(38)18(40)25(53-30)27(45)33-6-10-2-4-32-5-3-10/h2-5,9,11-26,29-31,34-44H,6-8H2,1H3,(H,33,45)(H,46,47). The first-order valence-corrected chi connectivity index (χ1v) is 16.9. The number of carboxylic acid groups (broad SMARTS) is 1. The maximum atomic E-state index is 12.9. The normalized spacial score (nSPS) is 45.8. The van der Waals surface area contributed by atoms with Crippen LogP contribution in [0.3, 0.4) is 0 Å². The highest BCUT2D eigenvalue weighted by molar-refractivity contribution is 5.81. The highest BCUT2D eigenvalue weighted by Crippen LogP contribution is 2.32. The number of nitrogens with zero attached hydrogens (tertiary/aromatic N) is 1. The van der Waals surface area contributed by atoms with Gasteiger partial charge < -0.3 is 99.8 Å². The maximum absolute atomic E-state index is 12.9. The zero-order valence-corrected chi connectivity index (χ0v) is 28.5. The van der Waals surface area contributed by atoms with Gasteiger partial charge in [-0.05, 0) is 24.6 Å². The highest BCUT2D eigenvalue weighted by atomic mass is 16.7. The Morgan fingerprint density at radius 3 is 1.78 bits per heavy atom. The number of carbonyl (C=O) groups excluding carboxylic acids is 1. The molecule has 0 saturated carbocycles. The van der Waals surface area contributed by atoms with E-state index in [1.54, 1.807) is 12.1 Å². The van der Waals surface area contributed by atoms with E-state index < -0.39 is 148 Å². The van der Waals surface area contributed by atoms with E-state index in [0.29, 0.717) is 5.56 Å². The molecule has 23 heteroatoms. The van der Waals surface area contributed by atoms with Crippen molar-refractivity contribution >= 4 is 11.9 Å². The molecule has 5 heterocycles. The van der Waals surface area contributed by atoms with Crippen molar-refractivity contribution < 1.29 is 104 Å². The molecule has 0 bridgehead atoms. The number of amides is 1. The summed E-state index contributed by atoms with van der Waals surface area (Å²) in [7, 11) is 0. The van der Waals surface area contributed by atoms with E-state index in [-0.39, 0.29) is 6.54 Å². The Kier molecular flexibility index (Phi) is 14.2. The molecule has 13 N–H and O–H groups in total. The van der Waals surface area contributed by atoms with E-state index in [4.69, 9.17) is 33.2 Å². The smallest absolute Gasteiger partial charge is 0.335 e. The summed E-state index contributed by atoms with van der Waals surface area (Å²) in [5, 5.41) is 128. The van der Waals surface area contributed by atoms with Crippen molar-refractivity contribution in [3.05, 3.63) is 30.1 Å². The lowest BCUT2D eigenvalue weighted by Gasteiger charge is -2.47. The summed E-state index contributed by atoms with van der Waals surface area (Å²) < 4.78 is 38.4. The molecule has 306 valence electrons. The SMILES string of the molecule is CC1OC(COC2OC(CO)C(O)C(OC3OC(C(=O)NCc4ccncc4)C(O)C(O)C3O)C2O)C(O)C(OC2OC(C(=O)O)C(O)C(O)C2O)C1O. The van der Waals surface area contributed by atoms with Crippen molar-refractivity contribution in [2.75, 3.05) is 13.2 Å². The second-order valence-corrected chi connectivity index (χ2v) is 13.3. The molecule has 1 amide bonds. The number of aliphatic hydroxyl groups excluding tert-OH is 11. The third-order valence-corrected chi connectivity index (χ3v) is 9.61. The molecule has 54 heavy (non-hydrogen) atoms. The fourth-order valence-corrected chi connectivity index (χ4v) is 6.40. The summed E-state index contributed by atoms with van der Waals surface area (Å²) in [6, 6.07) is 3.22. The average Bonchev–Trinajstić information content (AvgIpc) is 3.15. The second-order valence-electron chi connectivity index (χ2n) is 13.3. The molecular formula is C31H46N2O21. The number of carboxylic acids is 1. The maximum Gasteiger partial charge on any atom is 0.335 e. The highest BCUT2D eigenvalue weighted by Gasteiger charge is 2.54. The van der Waals surface area contributed by atoms with Crippen LogP contribution in [0.4, 0.5) is 0 Å². The number of hydrogen-bond acceptors (Lipinski definition) is 21. The number of ether oxygens (including phenoxy) is 7. The number of hydrogen-bond donors (Lipinski definition) is 13. The van der Waals surface area contributed by atoms with Gasteiger partial charge in [-0.1, -0.05) is 0 Å². The molecular weight excluding hydrogens is 736 g/mol. The van der Waals surface area contributed by atoms with Crippen molar-refractivity contribution in [3.63, 3.8) is 0 Å². The molecule has 20 atom stereocenters. The topological polar surface area (TPSA) is 366 Å². The molecule has 0 aromatic carbocycles. The van der Waals surface area contributed by atoms with Crippen molar-refractivity contribution in [2.24, 2.45) is 0 Å². The van der Waals surface area contributed by atoms with Gasteiger partial charge >= 0.3 is 5.97 Å². The molecule has 4 fully saturated rings. The van der Waals surface area contributed by atoms with Gasteiger partial charge in [0.2, 0.25) is 0 Å². The summed E-state index contributed by atoms with van der Waals surface area (Å²) in [5.74, 6) is -2.61. The first-order valence-electron chi connectivity index (χ1n) is 16.9. The summed E-state index contributed by atoms with van der Waals surface area (Å²) in [6.45, 7) is -0.197. The molecule has 1 aromatic heterocycles. The fourth-order valence-electron chi connectivity index (χ4n) is 6.40. The summed E-state index contributed by atoms with van der Waals surface area (Å²) in [4.78, 5) is 28.3. The Morgan fingerprint density at radius 1 is 0.667 bits per heavy atom. The lowest BCUT2D eigenvalue weighted by atomic mass is 9.94. The van der Waals surface area contributed by atoms with Gasteiger partial charge in [-0.15, -0.1) is 0 Å². The van der Waals surface area contributed by atoms with Crippen LogP contribution in [0, 0.1) is 0 Å². The molecule has 4 aliphatic heterocycles. The Hall–Kier alpha value is -2.63. The van der Waals surface area contributed by atoms with Gasteiger partial charge in [0.15, 0.2) is 31.1 Å². The number of nitrogens with one attached hydrogen (secondary N) is 1. The largest absolute Gasteiger partial charge is 0.479 e. The third kappa shape index (κ3) is 8.99. The molecule has 20 unspecified atom stereocenters. The van der Waals surface area contributed by atoms with Crippen LogP contribution in [-0.2, 0) is 49.3 Å². The molecule has 4 saturated heterocycles. The van der Waals surface area contributed by atoms with Crippen molar-refractivity contribution in [3.8, 4) is 0 Å². The number of rotatable bonds is 12. The van der Waals surface area contributed by atoms with Crippen LogP contribution in [0.1, 0.15) is 12.5 Å². The van der Waals surface area contributed by atoms with Crippen LogP contribution in [-0.4, -0.2) is 214 Å². The number of aliphatic carboxylic acids is 1. The van der Waals surface area contributed by atoms with E-state index in [2.05, 4.69) is 10.3 Å². The quantitative estimate of drug-likeness (QED) is 0.0936. The lowest BCUT2D eigenvalue weighted by molar-refractivity contribution is -0.361. The number of aliphatic hydroxyl groups is 11. The molecule has 5 rings (SSSR count). The van der Waals surface area contributed by atoms with E-state index in [0.717, 1.165) is 0 Å². The predicted octanol–water partition coefficient (Wildman–Crippen LogP) is -7.87. The molecule has 1 aromatic rings. The Morgan fingerprint density at radius 2 is 1.20 bits per heavy atom. The van der Waals surface area contributed by atoms with Crippen LogP contribution < -0.4 is 5.32 Å². The predicted molar refractivity (Wildman–Crippen MR) is 167 cm³/mol. The van der Waals surface area contributed by atoms with Crippen molar-refractivity contribution in [1.82, 2.24) is 10.3 Å². The van der Waals surface area contributed by atoms with E-state index in [9.17, 15) is 70.9 Å². The number of carbonyl (C=O) groups is 2.